The van der Waals surface area contributed by atoms with Gasteiger partial charge in [-0.3, -0.25) is 4.79 Å². The molecule has 0 radical (unpaired) electrons. The molecule has 0 N–H and O–H groups in total. The second kappa shape index (κ2) is 6.63. The van der Waals surface area contributed by atoms with Gasteiger partial charge in [-0.05, 0) is 49.7 Å². The highest BCUT2D eigenvalue weighted by Gasteiger charge is 2.17. The van der Waals surface area contributed by atoms with Crippen molar-refractivity contribution in [3.63, 3.8) is 0 Å². The molecule has 0 aliphatic carbocycles. The fourth-order valence-corrected chi connectivity index (χ4v) is 2.74. The zero-order valence-corrected chi connectivity index (χ0v) is 14.6. The third-order valence-electron chi connectivity index (χ3n) is 3.65. The number of hydrogen-bond acceptors (Lipinski definition) is 2. The largest absolute Gasteiger partial charge is 0.367 e. The Hall–Kier alpha value is -1.32. The average Bonchev–Trinajstić information content (AvgIpc) is 2.46. The zero-order valence-electron chi connectivity index (χ0n) is 12.2. The van der Waals surface area contributed by atoms with Gasteiger partial charge in [-0.25, -0.2) is 0 Å². The number of Topliss-reactive ketones (excluding diaryl/α,β-unsaturated/α-hetero) is 1. The second-order valence-corrected chi connectivity index (χ2v) is 6.41. The van der Waals surface area contributed by atoms with Gasteiger partial charge < -0.3 is 4.90 Å². The normalized spacial score (nSPS) is 12.0. The van der Waals surface area contributed by atoms with Gasteiger partial charge >= 0.3 is 0 Å². The van der Waals surface area contributed by atoms with E-state index in [1.54, 1.807) is 6.92 Å². The molecule has 0 fully saturated rings. The van der Waals surface area contributed by atoms with Gasteiger partial charge in [-0.2, -0.15) is 0 Å². The van der Waals surface area contributed by atoms with Gasteiger partial charge in [0.1, 0.15) is 0 Å². The molecule has 2 aromatic rings. The molecule has 110 valence electrons. The van der Waals surface area contributed by atoms with E-state index >= 15 is 0 Å². The van der Waals surface area contributed by atoms with Gasteiger partial charge in [0.2, 0.25) is 0 Å². The van der Waals surface area contributed by atoms with Crippen LogP contribution in [0.3, 0.4) is 0 Å². The Balaban J connectivity index is 2.39. The lowest BCUT2D eigenvalue weighted by atomic mass is 10.0. The average molecular weight is 367 g/mol. The molecule has 2 rings (SSSR count). The summed E-state index contributed by atoms with van der Waals surface area (Å²) in [5, 5.41) is 0.723. The quantitative estimate of drug-likeness (QED) is 0.666. The molecule has 1 unspecified atom stereocenters. The SMILES string of the molecule is CC(=O)c1ccc(Br)cc1N(C)C(C)c1ccc(Cl)cc1. The first kappa shape index (κ1) is 16.1. The molecular weight excluding hydrogens is 350 g/mol. The number of ketones is 1. The number of benzene rings is 2. The third kappa shape index (κ3) is 3.66. The molecule has 0 aliphatic rings. The van der Waals surface area contributed by atoms with Crippen molar-refractivity contribution in [1.82, 2.24) is 0 Å². The summed E-state index contributed by atoms with van der Waals surface area (Å²) in [6, 6.07) is 13.6. The number of carbonyl (C=O) groups excluding carboxylic acids is 1. The second-order valence-electron chi connectivity index (χ2n) is 5.06. The summed E-state index contributed by atoms with van der Waals surface area (Å²) in [6.45, 7) is 3.70. The Labute approximate surface area is 138 Å². The van der Waals surface area contributed by atoms with Crippen LogP contribution in [0.2, 0.25) is 5.02 Å². The highest BCUT2D eigenvalue weighted by molar-refractivity contribution is 9.10. The molecule has 0 spiro atoms. The molecule has 0 aromatic heterocycles. The predicted octanol–water partition coefficient (Wildman–Crippen LogP) is 5.50. The Morgan fingerprint density at radius 3 is 2.38 bits per heavy atom. The Morgan fingerprint density at radius 1 is 1.19 bits per heavy atom. The van der Waals surface area contributed by atoms with Crippen LogP contribution in [0.15, 0.2) is 46.9 Å². The predicted molar refractivity (Wildman–Crippen MR) is 92.4 cm³/mol. The van der Waals surface area contributed by atoms with Crippen LogP contribution in [0.1, 0.15) is 35.8 Å². The summed E-state index contributed by atoms with van der Waals surface area (Å²) in [5.74, 6) is 0.0626. The van der Waals surface area contributed by atoms with E-state index in [1.165, 1.54) is 0 Å². The first-order valence-corrected chi connectivity index (χ1v) is 7.86. The Morgan fingerprint density at radius 2 is 1.81 bits per heavy atom. The van der Waals surface area contributed by atoms with Crippen molar-refractivity contribution >= 4 is 39.0 Å². The smallest absolute Gasteiger partial charge is 0.161 e. The van der Waals surface area contributed by atoms with Crippen LogP contribution in [-0.2, 0) is 0 Å². The number of hydrogen-bond donors (Lipinski definition) is 0. The Bertz CT molecular complexity index is 654. The van der Waals surface area contributed by atoms with Gasteiger partial charge in [-0.1, -0.05) is 39.7 Å². The van der Waals surface area contributed by atoms with Crippen LogP contribution >= 0.6 is 27.5 Å². The number of anilines is 1. The van der Waals surface area contributed by atoms with Crippen molar-refractivity contribution < 1.29 is 4.79 Å². The number of nitrogens with zero attached hydrogens (tertiary/aromatic N) is 1. The number of rotatable bonds is 4. The molecule has 21 heavy (non-hydrogen) atoms. The summed E-state index contributed by atoms with van der Waals surface area (Å²) in [5.41, 5.74) is 2.79. The molecule has 2 aromatic carbocycles. The topological polar surface area (TPSA) is 20.3 Å². The lowest BCUT2D eigenvalue weighted by molar-refractivity contribution is 0.101. The van der Waals surface area contributed by atoms with Crippen LogP contribution in [0, 0.1) is 0 Å². The molecular formula is C17H17BrClNO. The van der Waals surface area contributed by atoms with Gasteiger partial charge in [-0.15, -0.1) is 0 Å². The fourth-order valence-electron chi connectivity index (χ4n) is 2.27. The van der Waals surface area contributed by atoms with E-state index in [0.29, 0.717) is 0 Å². The van der Waals surface area contributed by atoms with Crippen molar-refractivity contribution in [2.24, 2.45) is 0 Å². The van der Waals surface area contributed by atoms with Crippen molar-refractivity contribution in [2.45, 2.75) is 19.9 Å². The first-order chi connectivity index (χ1) is 9.90. The molecule has 0 saturated carbocycles. The van der Waals surface area contributed by atoms with Crippen molar-refractivity contribution in [3.05, 3.63) is 63.1 Å². The van der Waals surface area contributed by atoms with E-state index in [4.69, 9.17) is 11.6 Å². The highest BCUT2D eigenvalue weighted by Crippen LogP contribution is 2.31. The van der Waals surface area contributed by atoms with Crippen LogP contribution in [-0.4, -0.2) is 12.8 Å². The number of halogens is 2. The maximum atomic E-state index is 11.8. The molecule has 0 heterocycles. The summed E-state index contributed by atoms with van der Waals surface area (Å²) < 4.78 is 0.956. The van der Waals surface area contributed by atoms with Crippen molar-refractivity contribution in [2.75, 3.05) is 11.9 Å². The van der Waals surface area contributed by atoms with Crippen LogP contribution in [0.5, 0.6) is 0 Å². The first-order valence-electron chi connectivity index (χ1n) is 6.69. The maximum Gasteiger partial charge on any atom is 0.161 e. The molecule has 0 bridgehead atoms. The van der Waals surface area contributed by atoms with Crippen molar-refractivity contribution in [3.8, 4) is 0 Å². The summed E-state index contributed by atoms with van der Waals surface area (Å²) in [7, 11) is 1.99. The minimum absolute atomic E-state index is 0.0626. The van der Waals surface area contributed by atoms with Gasteiger partial charge in [0, 0.05) is 27.8 Å². The van der Waals surface area contributed by atoms with Crippen LogP contribution in [0.4, 0.5) is 5.69 Å². The van der Waals surface area contributed by atoms with Gasteiger partial charge in [0.15, 0.2) is 5.78 Å². The summed E-state index contributed by atoms with van der Waals surface area (Å²) in [6.07, 6.45) is 0. The minimum atomic E-state index is 0.0626. The third-order valence-corrected chi connectivity index (χ3v) is 4.40. The van der Waals surface area contributed by atoms with E-state index in [9.17, 15) is 4.79 Å². The maximum absolute atomic E-state index is 11.8. The molecule has 2 nitrogen and oxygen atoms in total. The number of carbonyl (C=O) groups is 1. The molecule has 1 atom stereocenters. The standard InChI is InChI=1S/C17H17BrClNO/c1-11(13-4-7-15(19)8-5-13)20(3)17-10-14(18)6-9-16(17)12(2)21/h4-11H,1-3H3. The molecule has 0 aliphatic heterocycles. The van der Waals surface area contributed by atoms with Crippen LogP contribution < -0.4 is 4.90 Å². The lowest BCUT2D eigenvalue weighted by Gasteiger charge is -2.29. The fraction of sp³-hybridized carbons (Fsp3) is 0.235. The molecule has 0 amide bonds. The van der Waals surface area contributed by atoms with E-state index in [1.807, 2.05) is 49.5 Å². The van der Waals surface area contributed by atoms with Gasteiger partial charge in [0.25, 0.3) is 0 Å². The monoisotopic (exact) mass is 365 g/mol. The highest BCUT2D eigenvalue weighted by atomic mass is 79.9. The van der Waals surface area contributed by atoms with E-state index in [0.717, 1.165) is 26.3 Å². The van der Waals surface area contributed by atoms with E-state index in [-0.39, 0.29) is 11.8 Å². The zero-order chi connectivity index (χ0) is 15.6. The van der Waals surface area contributed by atoms with Gasteiger partial charge in [0.05, 0.1) is 6.04 Å². The minimum Gasteiger partial charge on any atom is -0.367 e. The Kier molecular flexibility index (Phi) is 5.07. The van der Waals surface area contributed by atoms with E-state index < -0.39 is 0 Å². The molecule has 4 heteroatoms. The molecule has 0 saturated heterocycles. The van der Waals surface area contributed by atoms with Crippen molar-refractivity contribution in [1.29, 1.82) is 0 Å². The summed E-state index contributed by atoms with van der Waals surface area (Å²) in [4.78, 5) is 13.9. The van der Waals surface area contributed by atoms with E-state index in [2.05, 4.69) is 27.8 Å². The van der Waals surface area contributed by atoms with Crippen LogP contribution in [0.25, 0.3) is 0 Å². The summed E-state index contributed by atoms with van der Waals surface area (Å²) >= 11 is 9.41. The lowest BCUT2D eigenvalue weighted by Crippen LogP contribution is -2.23.